The number of nitrogens with zero attached hydrogens (tertiary/aromatic N) is 4. The molecule has 0 atom stereocenters. The normalized spacial score (nSPS) is 12.0. The first-order chi connectivity index (χ1) is 16.0. The Bertz CT molecular complexity index is 1460. The summed E-state index contributed by atoms with van der Waals surface area (Å²) in [5, 5.41) is 17.7. The Morgan fingerprint density at radius 3 is 2.36 bits per heavy atom. The topological polar surface area (TPSA) is 104 Å². The van der Waals surface area contributed by atoms with Crippen LogP contribution in [0.1, 0.15) is 24.8 Å². The van der Waals surface area contributed by atoms with Crippen LogP contribution in [0.4, 0.5) is 11.6 Å². The smallest absolute Gasteiger partial charge is 0.320 e. The molecule has 3 heterocycles. The summed E-state index contributed by atoms with van der Waals surface area (Å²) in [5.74, 6) is -0.352. The van der Waals surface area contributed by atoms with Crippen LogP contribution >= 0.6 is 11.3 Å². The lowest BCUT2D eigenvalue weighted by molar-refractivity contribution is -0.779. The summed E-state index contributed by atoms with van der Waals surface area (Å²) in [4.78, 5) is 9.93. The molecule has 7 nitrogen and oxygen atoms in total. The molecule has 0 radical (unpaired) electrons. The van der Waals surface area contributed by atoms with Crippen LogP contribution < -0.4 is 15.5 Å². The van der Waals surface area contributed by atoms with E-state index in [9.17, 15) is 5.11 Å². The summed E-state index contributed by atoms with van der Waals surface area (Å²) in [6.45, 7) is 3.92. The molecule has 0 unspecified atom stereocenters. The highest BCUT2D eigenvalue weighted by molar-refractivity contribution is 7.21. The van der Waals surface area contributed by atoms with Gasteiger partial charge in [-0.2, -0.15) is 0 Å². The van der Waals surface area contributed by atoms with Crippen molar-refractivity contribution in [2.75, 3.05) is 5.73 Å². The molecule has 33 heavy (non-hydrogen) atoms. The lowest BCUT2D eigenvalue weighted by Gasteiger charge is -2.10. The van der Waals surface area contributed by atoms with Gasteiger partial charge in [0.15, 0.2) is 6.04 Å². The number of anilines is 1. The van der Waals surface area contributed by atoms with Gasteiger partial charge in [0.25, 0.3) is 6.20 Å². The monoisotopic (exact) mass is 455 g/mol. The van der Waals surface area contributed by atoms with E-state index < -0.39 is 5.90 Å². The minimum atomic E-state index is -0.483. The molecule has 0 aliphatic rings. The van der Waals surface area contributed by atoms with Crippen molar-refractivity contribution in [3.05, 3.63) is 77.8 Å². The Kier molecular flexibility index (Phi) is 5.35. The molecular formula is C25H21N5O2S. The van der Waals surface area contributed by atoms with Gasteiger partial charge in [-0.25, -0.2) is 9.98 Å². The van der Waals surface area contributed by atoms with Gasteiger partial charge in [0.2, 0.25) is 5.27 Å². The number of thiophene rings is 1. The van der Waals surface area contributed by atoms with Crippen molar-refractivity contribution in [1.82, 2.24) is 10.3 Å². The fourth-order valence-corrected chi connectivity index (χ4v) is 4.58. The van der Waals surface area contributed by atoms with Crippen LogP contribution in [-0.2, 0) is 0 Å². The van der Waals surface area contributed by atoms with E-state index in [1.807, 2.05) is 80.6 Å². The van der Waals surface area contributed by atoms with E-state index in [4.69, 9.17) is 15.2 Å². The second-order valence-corrected chi connectivity index (χ2v) is 8.84. The van der Waals surface area contributed by atoms with E-state index in [-0.39, 0.29) is 11.9 Å². The number of rotatable bonds is 5. The quantitative estimate of drug-likeness (QED) is 0.239. The molecule has 0 aliphatic heterocycles. The maximum atomic E-state index is 13.0. The summed E-state index contributed by atoms with van der Waals surface area (Å²) < 4.78 is 6.77. The molecule has 3 aromatic heterocycles. The number of pyridine rings is 1. The molecule has 0 spiro atoms. The maximum Gasteiger partial charge on any atom is 0.320 e. The highest BCUT2D eigenvalue weighted by Crippen LogP contribution is 2.41. The van der Waals surface area contributed by atoms with Crippen molar-refractivity contribution < 1.29 is 14.3 Å². The average Bonchev–Trinajstić information content (AvgIpc) is 3.44. The molecule has 0 saturated carbocycles. The number of benzene rings is 2. The van der Waals surface area contributed by atoms with E-state index in [2.05, 4.69) is 10.3 Å². The minimum absolute atomic E-state index is 0.0937. The molecule has 5 rings (SSSR count). The van der Waals surface area contributed by atoms with E-state index in [1.54, 1.807) is 10.9 Å². The van der Waals surface area contributed by atoms with E-state index >= 15 is 0 Å². The molecule has 5 aromatic rings. The second kappa shape index (κ2) is 8.48. The standard InChI is InChI=1S/C25H21N5O2S/c1-15(2)30-14-20(32-29-30)28-24(31)23-22(26)21-18(16-9-5-3-6-10-16)13-19(27-25(21)33-23)17-11-7-4-8-12-17/h3-15H,1-2H3,(H2-,26,28,29,31). The lowest BCUT2D eigenvalue weighted by atomic mass is 9.99. The largest absolute Gasteiger partial charge is 0.857 e. The third-order valence-corrected chi connectivity index (χ3v) is 6.35. The predicted octanol–water partition coefficient (Wildman–Crippen LogP) is 4.51. The number of hydrogen-bond donors (Lipinski definition) is 1. The number of nitrogens with two attached hydrogens (primary N) is 1. The summed E-state index contributed by atoms with van der Waals surface area (Å²) >= 11 is 1.23. The maximum absolute atomic E-state index is 13.0. The lowest BCUT2D eigenvalue weighted by Crippen LogP contribution is -2.36. The van der Waals surface area contributed by atoms with Crippen LogP contribution in [-0.4, -0.2) is 16.2 Å². The molecule has 2 aromatic carbocycles. The number of aliphatic imine (C=N–C) groups is 1. The molecule has 0 bridgehead atoms. The zero-order valence-corrected chi connectivity index (χ0v) is 18.9. The van der Waals surface area contributed by atoms with Crippen molar-refractivity contribution in [3.8, 4) is 22.4 Å². The fourth-order valence-electron chi connectivity index (χ4n) is 3.57. The van der Waals surface area contributed by atoms with Crippen molar-refractivity contribution in [2.24, 2.45) is 4.99 Å². The van der Waals surface area contributed by atoms with E-state index in [1.165, 1.54) is 11.3 Å². The molecule has 0 amide bonds. The van der Waals surface area contributed by atoms with Gasteiger partial charge in [-0.1, -0.05) is 60.7 Å². The van der Waals surface area contributed by atoms with E-state index in [0.717, 1.165) is 27.8 Å². The van der Waals surface area contributed by atoms with Crippen molar-refractivity contribution in [1.29, 1.82) is 0 Å². The van der Waals surface area contributed by atoms with Crippen LogP contribution in [0, 0.1) is 0 Å². The highest BCUT2D eigenvalue weighted by atomic mass is 32.1. The molecule has 0 saturated heterocycles. The zero-order chi connectivity index (χ0) is 22.9. The van der Waals surface area contributed by atoms with Gasteiger partial charge >= 0.3 is 5.88 Å². The number of aromatic nitrogens is 3. The minimum Gasteiger partial charge on any atom is -0.857 e. The number of nitrogen functional groups attached to an aromatic ring is 1. The third kappa shape index (κ3) is 3.96. The second-order valence-electron chi connectivity index (χ2n) is 7.84. The van der Waals surface area contributed by atoms with E-state index in [0.29, 0.717) is 15.4 Å². The summed E-state index contributed by atoms with van der Waals surface area (Å²) in [6.07, 6.45) is 1.59. The van der Waals surface area contributed by atoms with Crippen LogP contribution in [0.2, 0.25) is 0 Å². The Hall–Kier alpha value is -4.04. The van der Waals surface area contributed by atoms with Crippen molar-refractivity contribution >= 4 is 39.0 Å². The molecule has 0 fully saturated rings. The highest BCUT2D eigenvalue weighted by Gasteiger charge is 2.19. The Morgan fingerprint density at radius 2 is 1.73 bits per heavy atom. The predicted molar refractivity (Wildman–Crippen MR) is 128 cm³/mol. The molecule has 8 heteroatoms. The molecule has 164 valence electrons. The SMILES string of the molecule is CC(C)[n+]1cc(/N=C(\[O-])c2sc3nc(-c4ccccc4)cc(-c4ccccc4)c3c2N)on1. The zero-order valence-electron chi connectivity index (χ0n) is 18.1. The molecular weight excluding hydrogens is 434 g/mol. The van der Waals surface area contributed by atoms with Crippen LogP contribution in [0.15, 0.2) is 82.4 Å². The van der Waals surface area contributed by atoms with Crippen molar-refractivity contribution in [3.63, 3.8) is 0 Å². The van der Waals surface area contributed by atoms with Gasteiger partial charge in [-0.3, -0.25) is 4.52 Å². The van der Waals surface area contributed by atoms with Crippen LogP contribution in [0.5, 0.6) is 0 Å². The molecule has 0 aliphatic carbocycles. The Labute approximate surface area is 194 Å². The van der Waals surface area contributed by atoms with Gasteiger partial charge in [-0.05, 0) is 35.7 Å². The van der Waals surface area contributed by atoms with Gasteiger partial charge in [0, 0.05) is 16.8 Å². The summed E-state index contributed by atoms with van der Waals surface area (Å²) in [6, 6.07) is 22.0. The van der Waals surface area contributed by atoms with Crippen LogP contribution in [0.25, 0.3) is 32.6 Å². The first-order valence-electron chi connectivity index (χ1n) is 10.5. The Morgan fingerprint density at radius 1 is 1.06 bits per heavy atom. The third-order valence-electron chi connectivity index (χ3n) is 5.26. The van der Waals surface area contributed by atoms with Crippen molar-refractivity contribution in [2.45, 2.75) is 19.9 Å². The average molecular weight is 456 g/mol. The van der Waals surface area contributed by atoms with Crippen LogP contribution in [0.3, 0.4) is 0 Å². The first kappa shape index (κ1) is 20.8. The van der Waals surface area contributed by atoms with Gasteiger partial charge in [-0.15, -0.1) is 11.3 Å². The summed E-state index contributed by atoms with van der Waals surface area (Å²) in [7, 11) is 0. The summed E-state index contributed by atoms with van der Waals surface area (Å²) in [5.41, 5.74) is 10.6. The first-order valence-corrected chi connectivity index (χ1v) is 11.3. The fraction of sp³-hybridized carbons (Fsp3) is 0.120. The number of hydrogen-bond acceptors (Lipinski definition) is 7. The van der Waals surface area contributed by atoms with Gasteiger partial charge in [0.1, 0.15) is 4.83 Å². The van der Waals surface area contributed by atoms with Gasteiger partial charge < -0.3 is 10.8 Å². The number of fused-ring (bicyclic) bond motifs is 1. The van der Waals surface area contributed by atoms with Gasteiger partial charge in [0.05, 0.1) is 16.3 Å². The molecule has 2 N–H and O–H groups in total. The Balaban J connectivity index is 1.69.